The molecule has 0 radical (unpaired) electrons. The van der Waals surface area contributed by atoms with Gasteiger partial charge in [0.15, 0.2) is 0 Å². The number of benzene rings is 2. The summed E-state index contributed by atoms with van der Waals surface area (Å²) in [6.07, 6.45) is 6.32. The minimum absolute atomic E-state index is 0.408. The summed E-state index contributed by atoms with van der Waals surface area (Å²) >= 11 is 3.53. The van der Waals surface area contributed by atoms with Crippen LogP contribution in [-0.2, 0) is 12.0 Å². The van der Waals surface area contributed by atoms with E-state index in [1.54, 1.807) is 6.26 Å². The van der Waals surface area contributed by atoms with Crippen molar-refractivity contribution >= 4 is 12.6 Å². The fourth-order valence-corrected chi connectivity index (χ4v) is 3.78. The third-order valence-electron chi connectivity index (χ3n) is 5.22. The van der Waals surface area contributed by atoms with Crippen molar-refractivity contribution < 1.29 is 5.11 Å². The van der Waals surface area contributed by atoms with Crippen LogP contribution in [0.3, 0.4) is 0 Å². The number of aliphatic hydroxyl groups is 1. The minimum Gasteiger partial charge on any atom is -0.393 e. The lowest BCUT2D eigenvalue weighted by molar-refractivity contribution is 0.136. The first-order valence-corrected chi connectivity index (χ1v) is 11.6. The van der Waals surface area contributed by atoms with Gasteiger partial charge in [-0.05, 0) is 55.1 Å². The van der Waals surface area contributed by atoms with Crippen LogP contribution in [0.2, 0.25) is 0 Å². The summed E-state index contributed by atoms with van der Waals surface area (Å²) in [5, 5.41) is 14.0. The number of hydrogen-bond donors (Lipinski definition) is 3. The number of thiol groups is 1. The molecule has 0 amide bonds. The Labute approximate surface area is 189 Å². The lowest BCUT2D eigenvalue weighted by Crippen LogP contribution is -2.44. The van der Waals surface area contributed by atoms with Crippen LogP contribution in [-0.4, -0.2) is 17.5 Å². The zero-order valence-electron chi connectivity index (χ0n) is 19.1. The van der Waals surface area contributed by atoms with Gasteiger partial charge in [0.2, 0.25) is 0 Å². The number of nitrogens with one attached hydrogen (secondary N) is 1. The molecule has 0 aliphatic heterocycles. The largest absolute Gasteiger partial charge is 0.393 e. The highest BCUT2D eigenvalue weighted by Gasteiger charge is 2.33. The van der Waals surface area contributed by atoms with Crippen molar-refractivity contribution in [1.82, 2.24) is 5.32 Å². The van der Waals surface area contributed by atoms with Gasteiger partial charge in [0.25, 0.3) is 0 Å². The maximum Gasteiger partial charge on any atom is 0.0680 e. The monoisotopic (exact) mass is 425 g/mol. The molecule has 0 aliphatic carbocycles. The molecule has 0 bridgehead atoms. The average molecular weight is 426 g/mol. The van der Waals surface area contributed by atoms with Crippen LogP contribution in [0.15, 0.2) is 79.5 Å². The number of rotatable bonds is 11. The Morgan fingerprint density at radius 2 is 1.77 bits per heavy atom. The van der Waals surface area contributed by atoms with Crippen LogP contribution in [0.4, 0.5) is 0 Å². The van der Waals surface area contributed by atoms with Crippen LogP contribution in [0, 0.1) is 0 Å². The zero-order valence-corrected chi connectivity index (χ0v) is 20.0. The second kappa shape index (κ2) is 13.4. The van der Waals surface area contributed by atoms with Crippen molar-refractivity contribution in [3.05, 3.63) is 96.2 Å². The van der Waals surface area contributed by atoms with E-state index in [0.717, 1.165) is 25.0 Å². The van der Waals surface area contributed by atoms with Gasteiger partial charge >= 0.3 is 0 Å². The van der Waals surface area contributed by atoms with E-state index in [1.165, 1.54) is 16.7 Å². The quantitative estimate of drug-likeness (QED) is 0.279. The van der Waals surface area contributed by atoms with E-state index in [0.29, 0.717) is 12.3 Å². The predicted molar refractivity (Wildman–Crippen MR) is 135 cm³/mol. The van der Waals surface area contributed by atoms with E-state index in [4.69, 9.17) is 0 Å². The van der Waals surface area contributed by atoms with Gasteiger partial charge in [-0.1, -0.05) is 81.1 Å². The van der Waals surface area contributed by atoms with Crippen molar-refractivity contribution in [1.29, 1.82) is 0 Å². The molecular formula is C27H39NOS. The Balaban J connectivity index is 0.00000218. The summed E-state index contributed by atoms with van der Waals surface area (Å²) in [7, 11) is 0. The summed E-state index contributed by atoms with van der Waals surface area (Å²) in [4.78, 5) is 0. The van der Waals surface area contributed by atoms with Crippen molar-refractivity contribution in [2.45, 2.75) is 64.0 Å². The van der Waals surface area contributed by atoms with Gasteiger partial charge in [0, 0.05) is 12.1 Å². The fraction of sp³-hybridized carbons (Fsp3) is 0.407. The highest BCUT2D eigenvalue weighted by molar-refractivity contribution is 7.79. The van der Waals surface area contributed by atoms with Crippen LogP contribution < -0.4 is 5.32 Å². The summed E-state index contributed by atoms with van der Waals surface area (Å²) in [5.41, 5.74) is 4.36. The molecule has 0 spiro atoms. The number of aliphatic hydroxyl groups excluding tert-OH is 1. The zero-order chi connectivity index (χ0) is 22.6. The van der Waals surface area contributed by atoms with Crippen molar-refractivity contribution in [2.24, 2.45) is 0 Å². The first-order chi connectivity index (χ1) is 14.4. The van der Waals surface area contributed by atoms with Crippen LogP contribution in [0.5, 0.6) is 0 Å². The number of aryl methyl sites for hydroxylation is 1. The summed E-state index contributed by atoms with van der Waals surface area (Å²) in [5.74, 6) is 0.453. The van der Waals surface area contributed by atoms with Crippen molar-refractivity contribution in [3.8, 4) is 0 Å². The van der Waals surface area contributed by atoms with Crippen LogP contribution in [0.1, 0.15) is 62.6 Å². The molecule has 2 N–H and O–H groups in total. The first kappa shape index (κ1) is 26.1. The average Bonchev–Trinajstić information content (AvgIpc) is 2.74. The summed E-state index contributed by atoms with van der Waals surface area (Å²) in [6, 6.07) is 19.1. The van der Waals surface area contributed by atoms with Gasteiger partial charge in [0.05, 0.1) is 11.6 Å². The highest BCUT2D eigenvalue weighted by Crippen LogP contribution is 2.34. The van der Waals surface area contributed by atoms with E-state index in [1.807, 2.05) is 19.1 Å². The molecule has 3 heteroatoms. The molecule has 164 valence electrons. The van der Waals surface area contributed by atoms with Crippen LogP contribution >= 0.6 is 12.6 Å². The number of hydrogen-bond acceptors (Lipinski definition) is 3. The molecule has 2 nitrogen and oxygen atoms in total. The topological polar surface area (TPSA) is 32.3 Å². The SMILES string of the molecule is C=CCC(CC(C)O)(NC(=C)CCc1ccccc1)c1cccc(C(C)C)c1.CS. The van der Waals surface area contributed by atoms with E-state index >= 15 is 0 Å². The summed E-state index contributed by atoms with van der Waals surface area (Å²) < 4.78 is 0. The molecule has 2 aromatic rings. The molecule has 30 heavy (non-hydrogen) atoms. The molecule has 0 saturated carbocycles. The standard InChI is InChI=1S/C26H35NO.CH4S/c1-6-17-26(19-22(5)28,25-14-10-13-24(18-25)20(2)3)27-21(4)15-16-23-11-8-7-9-12-23;1-2/h6-14,18,20,22,27-28H,1,4,15-17,19H2,2-3,5H3;2H,1H3. The third kappa shape index (κ3) is 8.04. The second-order valence-electron chi connectivity index (χ2n) is 8.12. The lowest BCUT2D eigenvalue weighted by atomic mass is 9.80. The Bertz CT molecular complexity index is 769. The lowest BCUT2D eigenvalue weighted by Gasteiger charge is -2.38. The molecule has 0 aliphatic rings. The van der Waals surface area contributed by atoms with Gasteiger partial charge in [-0.15, -0.1) is 6.58 Å². The smallest absolute Gasteiger partial charge is 0.0680 e. The highest BCUT2D eigenvalue weighted by atomic mass is 32.1. The van der Waals surface area contributed by atoms with Gasteiger partial charge in [0.1, 0.15) is 0 Å². The Morgan fingerprint density at radius 1 is 1.10 bits per heavy atom. The van der Waals surface area contributed by atoms with Gasteiger partial charge < -0.3 is 10.4 Å². The maximum absolute atomic E-state index is 10.3. The second-order valence-corrected chi connectivity index (χ2v) is 8.12. The van der Waals surface area contributed by atoms with Gasteiger partial charge in [-0.2, -0.15) is 12.6 Å². The Morgan fingerprint density at radius 3 is 2.33 bits per heavy atom. The number of allylic oxidation sites excluding steroid dienone is 1. The minimum atomic E-state index is -0.433. The van der Waals surface area contributed by atoms with Gasteiger partial charge in [-0.3, -0.25) is 0 Å². The Kier molecular flexibility index (Phi) is 11.6. The molecule has 2 rings (SSSR count). The van der Waals surface area contributed by atoms with Crippen LogP contribution in [0.25, 0.3) is 0 Å². The molecule has 0 heterocycles. The fourth-order valence-electron chi connectivity index (χ4n) is 3.78. The maximum atomic E-state index is 10.3. The van der Waals surface area contributed by atoms with Gasteiger partial charge in [-0.25, -0.2) is 0 Å². The molecule has 0 saturated heterocycles. The van der Waals surface area contributed by atoms with E-state index in [2.05, 4.69) is 93.5 Å². The Hall–Kier alpha value is -1.97. The molecule has 2 aromatic carbocycles. The van der Waals surface area contributed by atoms with E-state index in [-0.39, 0.29) is 0 Å². The van der Waals surface area contributed by atoms with Crippen molar-refractivity contribution in [2.75, 3.05) is 6.26 Å². The van der Waals surface area contributed by atoms with Crippen molar-refractivity contribution in [3.63, 3.8) is 0 Å². The molecule has 2 atom stereocenters. The molecular weight excluding hydrogens is 386 g/mol. The normalized spacial score (nSPS) is 13.6. The summed E-state index contributed by atoms with van der Waals surface area (Å²) in [6.45, 7) is 14.5. The van der Waals surface area contributed by atoms with E-state index in [9.17, 15) is 5.11 Å². The predicted octanol–water partition coefficient (Wildman–Crippen LogP) is 6.63. The molecule has 0 aromatic heterocycles. The molecule has 0 fully saturated rings. The molecule has 2 unspecified atom stereocenters. The van der Waals surface area contributed by atoms with E-state index < -0.39 is 11.6 Å². The third-order valence-corrected chi connectivity index (χ3v) is 5.22. The first-order valence-electron chi connectivity index (χ1n) is 10.7.